The summed E-state index contributed by atoms with van der Waals surface area (Å²) >= 11 is 1.63. The molecule has 2 aromatic rings. The molecule has 0 radical (unpaired) electrons. The van der Waals surface area contributed by atoms with Gasteiger partial charge in [-0.1, -0.05) is 17.8 Å². The van der Waals surface area contributed by atoms with Crippen LogP contribution in [0.1, 0.15) is 19.3 Å². The van der Waals surface area contributed by atoms with Gasteiger partial charge < -0.3 is 4.74 Å². The number of hydrogen-bond donors (Lipinski definition) is 0. The van der Waals surface area contributed by atoms with Crippen LogP contribution in [0.2, 0.25) is 0 Å². The highest BCUT2D eigenvalue weighted by molar-refractivity contribution is 7.99. The van der Waals surface area contributed by atoms with Gasteiger partial charge in [-0.05, 0) is 31.4 Å². The first-order valence-corrected chi connectivity index (χ1v) is 9.21. The average molecular weight is 360 g/mol. The van der Waals surface area contributed by atoms with Gasteiger partial charge in [-0.2, -0.15) is 0 Å². The number of nitrogens with zero attached hydrogens (tertiary/aromatic N) is 4. The first-order chi connectivity index (χ1) is 12.2. The molecule has 0 bridgehead atoms. The molecule has 7 nitrogen and oxygen atoms in total. The Balaban J connectivity index is 1.78. The second-order valence-corrected chi connectivity index (χ2v) is 6.80. The van der Waals surface area contributed by atoms with E-state index in [2.05, 4.69) is 16.8 Å². The minimum absolute atomic E-state index is 0.0579. The fourth-order valence-corrected chi connectivity index (χ4v) is 3.75. The molecule has 3 rings (SSSR count). The Kier molecular flexibility index (Phi) is 5.83. The van der Waals surface area contributed by atoms with Crippen LogP contribution in [0.4, 0.5) is 5.69 Å². The van der Waals surface area contributed by atoms with Crippen molar-refractivity contribution in [3.8, 4) is 11.4 Å². The predicted molar refractivity (Wildman–Crippen MR) is 96.6 cm³/mol. The van der Waals surface area contributed by atoms with E-state index < -0.39 is 4.92 Å². The SMILES string of the molecule is C=CCn1c(SC[C@H]2CCCCO2)nnc1-c1ccc([N+](=O)[O-])cc1. The Labute approximate surface area is 150 Å². The molecule has 8 heteroatoms. The fraction of sp³-hybridized carbons (Fsp3) is 0.412. The number of nitro benzene ring substituents is 1. The summed E-state index contributed by atoms with van der Waals surface area (Å²) in [7, 11) is 0. The number of non-ortho nitro benzene ring substituents is 1. The van der Waals surface area contributed by atoms with E-state index in [1.807, 2.05) is 4.57 Å². The molecule has 1 aromatic carbocycles. The number of hydrogen-bond acceptors (Lipinski definition) is 6. The number of benzene rings is 1. The van der Waals surface area contributed by atoms with Crippen molar-refractivity contribution in [3.05, 3.63) is 47.0 Å². The van der Waals surface area contributed by atoms with Gasteiger partial charge in [0.15, 0.2) is 11.0 Å². The van der Waals surface area contributed by atoms with E-state index in [-0.39, 0.29) is 11.8 Å². The normalized spacial score (nSPS) is 17.4. The highest BCUT2D eigenvalue weighted by Gasteiger charge is 2.18. The van der Waals surface area contributed by atoms with Crippen LogP contribution in [-0.2, 0) is 11.3 Å². The van der Waals surface area contributed by atoms with Crippen LogP contribution in [0, 0.1) is 10.1 Å². The lowest BCUT2D eigenvalue weighted by Crippen LogP contribution is -2.21. The van der Waals surface area contributed by atoms with Crippen molar-refractivity contribution in [1.82, 2.24) is 14.8 Å². The van der Waals surface area contributed by atoms with Crippen LogP contribution in [0.25, 0.3) is 11.4 Å². The third-order valence-electron chi connectivity index (χ3n) is 4.04. The van der Waals surface area contributed by atoms with Gasteiger partial charge in [0.2, 0.25) is 0 Å². The van der Waals surface area contributed by atoms with Crippen LogP contribution in [-0.4, -0.2) is 38.2 Å². The molecule has 0 amide bonds. The Hall–Kier alpha value is -2.19. The molecule has 1 atom stereocenters. The van der Waals surface area contributed by atoms with Crippen molar-refractivity contribution >= 4 is 17.4 Å². The largest absolute Gasteiger partial charge is 0.377 e. The van der Waals surface area contributed by atoms with E-state index in [1.54, 1.807) is 30.0 Å². The van der Waals surface area contributed by atoms with Gasteiger partial charge in [0.25, 0.3) is 5.69 Å². The van der Waals surface area contributed by atoms with Crippen LogP contribution >= 0.6 is 11.8 Å². The zero-order valence-corrected chi connectivity index (χ0v) is 14.7. The molecule has 1 aromatic heterocycles. The fourth-order valence-electron chi connectivity index (χ4n) is 2.74. The number of ether oxygens (including phenoxy) is 1. The van der Waals surface area contributed by atoms with Gasteiger partial charge in [-0.15, -0.1) is 16.8 Å². The molecule has 0 saturated carbocycles. The molecule has 1 aliphatic rings. The third kappa shape index (κ3) is 4.26. The summed E-state index contributed by atoms with van der Waals surface area (Å²) in [5.41, 5.74) is 0.850. The molecule has 2 heterocycles. The lowest BCUT2D eigenvalue weighted by atomic mass is 10.1. The molecular weight excluding hydrogens is 340 g/mol. The standard InChI is InChI=1S/C17H20N4O3S/c1-2-10-20-16(13-6-8-14(9-7-13)21(22)23)18-19-17(20)25-12-15-5-3-4-11-24-15/h2,6-9,15H,1,3-5,10-12H2/t15-/m1/s1. The van der Waals surface area contributed by atoms with Gasteiger partial charge in [-0.25, -0.2) is 0 Å². The zero-order chi connectivity index (χ0) is 17.6. The molecule has 1 saturated heterocycles. The molecule has 1 fully saturated rings. The van der Waals surface area contributed by atoms with Gasteiger partial charge in [-0.3, -0.25) is 14.7 Å². The highest BCUT2D eigenvalue weighted by Crippen LogP contribution is 2.27. The Morgan fingerprint density at radius 3 is 2.80 bits per heavy atom. The zero-order valence-electron chi connectivity index (χ0n) is 13.8. The summed E-state index contributed by atoms with van der Waals surface area (Å²) in [6, 6.07) is 6.34. The predicted octanol–water partition coefficient (Wildman–Crippen LogP) is 3.70. The maximum atomic E-state index is 10.8. The molecule has 0 unspecified atom stereocenters. The van der Waals surface area contributed by atoms with Crippen molar-refractivity contribution in [1.29, 1.82) is 0 Å². The van der Waals surface area contributed by atoms with E-state index in [4.69, 9.17) is 4.74 Å². The second kappa shape index (κ2) is 8.26. The summed E-state index contributed by atoms with van der Waals surface area (Å²) < 4.78 is 7.74. The summed E-state index contributed by atoms with van der Waals surface area (Å²) in [6.07, 6.45) is 5.48. The van der Waals surface area contributed by atoms with Gasteiger partial charge >= 0.3 is 0 Å². The number of allylic oxidation sites excluding steroid dienone is 1. The number of thioether (sulfide) groups is 1. The average Bonchev–Trinajstić information content (AvgIpc) is 3.04. The van der Waals surface area contributed by atoms with E-state index in [0.717, 1.165) is 35.9 Å². The molecule has 0 spiro atoms. The quantitative estimate of drug-likeness (QED) is 0.324. The number of aromatic nitrogens is 3. The van der Waals surface area contributed by atoms with Crippen molar-refractivity contribution in [2.24, 2.45) is 0 Å². The maximum Gasteiger partial charge on any atom is 0.269 e. The van der Waals surface area contributed by atoms with Crippen LogP contribution in [0.3, 0.4) is 0 Å². The summed E-state index contributed by atoms with van der Waals surface area (Å²) in [5.74, 6) is 1.53. The Morgan fingerprint density at radius 1 is 1.36 bits per heavy atom. The second-order valence-electron chi connectivity index (χ2n) is 5.81. The highest BCUT2D eigenvalue weighted by atomic mass is 32.2. The smallest absolute Gasteiger partial charge is 0.269 e. The number of rotatable bonds is 7. The number of nitro groups is 1. The molecule has 0 N–H and O–H groups in total. The van der Waals surface area contributed by atoms with Crippen LogP contribution < -0.4 is 0 Å². The van der Waals surface area contributed by atoms with E-state index >= 15 is 0 Å². The minimum atomic E-state index is -0.413. The first-order valence-electron chi connectivity index (χ1n) is 8.22. The molecule has 132 valence electrons. The molecule has 25 heavy (non-hydrogen) atoms. The van der Waals surface area contributed by atoms with Crippen LogP contribution in [0.5, 0.6) is 0 Å². The molecule has 0 aliphatic carbocycles. The van der Waals surface area contributed by atoms with E-state index in [0.29, 0.717) is 12.4 Å². The van der Waals surface area contributed by atoms with Gasteiger partial charge in [0, 0.05) is 36.6 Å². The van der Waals surface area contributed by atoms with E-state index in [9.17, 15) is 10.1 Å². The maximum absolute atomic E-state index is 10.8. The minimum Gasteiger partial charge on any atom is -0.377 e. The summed E-state index contributed by atoms with van der Waals surface area (Å²) in [5, 5.41) is 20.2. The van der Waals surface area contributed by atoms with Gasteiger partial charge in [0.1, 0.15) is 0 Å². The van der Waals surface area contributed by atoms with Crippen LogP contribution in [0.15, 0.2) is 42.1 Å². The summed E-state index contributed by atoms with van der Waals surface area (Å²) in [6.45, 7) is 5.21. The topological polar surface area (TPSA) is 83.1 Å². The lowest BCUT2D eigenvalue weighted by molar-refractivity contribution is -0.384. The lowest BCUT2D eigenvalue weighted by Gasteiger charge is -2.21. The molecule has 1 aliphatic heterocycles. The van der Waals surface area contributed by atoms with Crippen molar-refractivity contribution in [2.75, 3.05) is 12.4 Å². The third-order valence-corrected chi connectivity index (χ3v) is 5.14. The van der Waals surface area contributed by atoms with E-state index in [1.165, 1.54) is 18.6 Å². The Morgan fingerprint density at radius 2 is 2.16 bits per heavy atom. The Bertz CT molecular complexity index is 739. The first kappa shape index (κ1) is 17.6. The summed E-state index contributed by atoms with van der Waals surface area (Å²) in [4.78, 5) is 10.4. The molecular formula is C17H20N4O3S. The monoisotopic (exact) mass is 360 g/mol. The van der Waals surface area contributed by atoms with Gasteiger partial charge in [0.05, 0.1) is 11.0 Å². The van der Waals surface area contributed by atoms with Crippen molar-refractivity contribution in [2.45, 2.75) is 37.1 Å². The van der Waals surface area contributed by atoms with Crippen molar-refractivity contribution in [3.63, 3.8) is 0 Å². The van der Waals surface area contributed by atoms with Crippen molar-refractivity contribution < 1.29 is 9.66 Å².